The molecule has 2 aliphatic rings. The van der Waals surface area contributed by atoms with Crippen LogP contribution in [0.4, 0.5) is 15.2 Å². The molecule has 6 nitrogen and oxygen atoms in total. The van der Waals surface area contributed by atoms with Crippen molar-refractivity contribution < 1.29 is 14.0 Å². The maximum atomic E-state index is 13.8. The molecular formula is C20H23FN4O2S. The van der Waals surface area contributed by atoms with Crippen molar-refractivity contribution in [3.63, 3.8) is 0 Å². The highest BCUT2D eigenvalue weighted by molar-refractivity contribution is 7.14. The average molecular weight is 402 g/mol. The van der Waals surface area contributed by atoms with Crippen LogP contribution in [0.1, 0.15) is 36.2 Å². The third-order valence-electron chi connectivity index (χ3n) is 5.31. The minimum atomic E-state index is -0.370. The zero-order valence-corrected chi connectivity index (χ0v) is 16.4. The van der Waals surface area contributed by atoms with Crippen molar-refractivity contribution >= 4 is 34.0 Å². The number of likely N-dealkylation sites (tertiary alicyclic amines) is 2. The van der Waals surface area contributed by atoms with Crippen molar-refractivity contribution in [2.45, 2.75) is 25.7 Å². The lowest BCUT2D eigenvalue weighted by Gasteiger charge is -2.33. The highest BCUT2D eigenvalue weighted by atomic mass is 32.1. The minimum Gasteiger partial charge on any atom is -0.342 e. The number of aromatic nitrogens is 1. The number of rotatable bonds is 4. The van der Waals surface area contributed by atoms with Crippen LogP contribution in [-0.4, -0.2) is 52.8 Å². The molecule has 0 aliphatic carbocycles. The number of carbonyl (C=O) groups is 2. The van der Waals surface area contributed by atoms with Crippen LogP contribution in [0.5, 0.6) is 0 Å². The molecule has 148 valence electrons. The number of para-hydroxylation sites is 1. The Labute approximate surface area is 167 Å². The molecule has 4 rings (SSSR count). The third-order valence-corrected chi connectivity index (χ3v) is 6.07. The summed E-state index contributed by atoms with van der Waals surface area (Å²) in [5, 5.41) is 5.06. The molecule has 2 aliphatic heterocycles. The van der Waals surface area contributed by atoms with E-state index in [0.29, 0.717) is 29.6 Å². The molecule has 28 heavy (non-hydrogen) atoms. The van der Waals surface area contributed by atoms with Crippen LogP contribution < -0.4 is 5.32 Å². The summed E-state index contributed by atoms with van der Waals surface area (Å²) in [5.74, 6) is -0.484. The standard InChI is InChI=1S/C20H23FN4O2S/c21-15-7-1-2-8-16(15)22-20-23-17(13-28-20)19(27)25-11-5-6-14(12-25)18(26)24-9-3-4-10-24/h1-2,7-8,13-14H,3-6,9-12H2,(H,22,23). The van der Waals surface area contributed by atoms with Gasteiger partial charge in [-0.2, -0.15) is 0 Å². The van der Waals surface area contributed by atoms with Crippen LogP contribution in [0.25, 0.3) is 0 Å². The maximum Gasteiger partial charge on any atom is 0.273 e. The summed E-state index contributed by atoms with van der Waals surface area (Å²) < 4.78 is 13.8. The first-order valence-corrected chi connectivity index (χ1v) is 10.5. The Morgan fingerprint density at radius 2 is 1.86 bits per heavy atom. The van der Waals surface area contributed by atoms with Crippen molar-refractivity contribution in [3.05, 3.63) is 41.2 Å². The molecule has 0 spiro atoms. The summed E-state index contributed by atoms with van der Waals surface area (Å²) in [5.41, 5.74) is 0.656. The van der Waals surface area contributed by atoms with Crippen LogP contribution in [0.15, 0.2) is 29.6 Å². The number of hydrogen-bond acceptors (Lipinski definition) is 5. The van der Waals surface area contributed by atoms with E-state index in [0.717, 1.165) is 38.8 Å². The Hall–Kier alpha value is -2.48. The van der Waals surface area contributed by atoms with E-state index in [2.05, 4.69) is 10.3 Å². The van der Waals surface area contributed by atoms with Gasteiger partial charge in [0, 0.05) is 31.6 Å². The molecule has 2 aromatic rings. The van der Waals surface area contributed by atoms with E-state index in [1.165, 1.54) is 17.4 Å². The zero-order chi connectivity index (χ0) is 19.5. The minimum absolute atomic E-state index is 0.120. The fourth-order valence-corrected chi connectivity index (χ4v) is 4.52. The number of nitrogens with one attached hydrogen (secondary N) is 1. The van der Waals surface area contributed by atoms with Gasteiger partial charge in [0.25, 0.3) is 5.91 Å². The molecule has 1 aromatic carbocycles. The van der Waals surface area contributed by atoms with Crippen LogP contribution in [0.3, 0.4) is 0 Å². The van der Waals surface area contributed by atoms with Crippen molar-refractivity contribution in [3.8, 4) is 0 Å². The smallest absolute Gasteiger partial charge is 0.273 e. The van der Waals surface area contributed by atoms with E-state index in [4.69, 9.17) is 0 Å². The quantitative estimate of drug-likeness (QED) is 0.850. The Balaban J connectivity index is 1.40. The second-order valence-electron chi connectivity index (χ2n) is 7.27. The van der Waals surface area contributed by atoms with Gasteiger partial charge >= 0.3 is 0 Å². The molecule has 3 heterocycles. The Morgan fingerprint density at radius 1 is 1.11 bits per heavy atom. The lowest BCUT2D eigenvalue weighted by Crippen LogP contribution is -2.46. The largest absolute Gasteiger partial charge is 0.342 e. The first-order valence-electron chi connectivity index (χ1n) is 9.67. The summed E-state index contributed by atoms with van der Waals surface area (Å²) >= 11 is 1.26. The van der Waals surface area contributed by atoms with Gasteiger partial charge in [-0.15, -0.1) is 11.3 Å². The molecule has 2 saturated heterocycles. The van der Waals surface area contributed by atoms with Gasteiger partial charge in [-0.3, -0.25) is 9.59 Å². The molecule has 0 radical (unpaired) electrons. The first kappa shape index (κ1) is 18.9. The number of halogens is 1. The zero-order valence-electron chi connectivity index (χ0n) is 15.6. The van der Waals surface area contributed by atoms with Crippen LogP contribution in [-0.2, 0) is 4.79 Å². The maximum absolute atomic E-state index is 13.8. The lowest BCUT2D eigenvalue weighted by molar-refractivity contribution is -0.135. The lowest BCUT2D eigenvalue weighted by atomic mass is 9.96. The molecule has 2 amide bonds. The number of nitrogens with zero attached hydrogens (tertiary/aromatic N) is 3. The van der Waals surface area contributed by atoms with Gasteiger partial charge in [0.1, 0.15) is 11.5 Å². The monoisotopic (exact) mass is 402 g/mol. The van der Waals surface area contributed by atoms with Crippen molar-refractivity contribution in [1.82, 2.24) is 14.8 Å². The Kier molecular flexibility index (Phi) is 5.57. The average Bonchev–Trinajstić information content (AvgIpc) is 3.41. The molecular weight excluding hydrogens is 379 g/mol. The fraction of sp³-hybridized carbons (Fsp3) is 0.450. The summed E-state index contributed by atoms with van der Waals surface area (Å²) in [7, 11) is 0. The molecule has 0 saturated carbocycles. The number of benzene rings is 1. The highest BCUT2D eigenvalue weighted by Gasteiger charge is 2.33. The number of carbonyl (C=O) groups excluding carboxylic acids is 2. The molecule has 1 aromatic heterocycles. The van der Waals surface area contributed by atoms with Gasteiger partial charge in [0.05, 0.1) is 11.6 Å². The van der Waals surface area contributed by atoms with Crippen molar-refractivity contribution in [1.29, 1.82) is 0 Å². The summed E-state index contributed by atoms with van der Waals surface area (Å²) in [6.45, 7) is 2.75. The van der Waals surface area contributed by atoms with E-state index in [1.807, 2.05) is 4.90 Å². The SMILES string of the molecule is O=C(c1csc(Nc2ccccc2F)n1)N1CCCC(C(=O)N2CCCC2)C1. The molecule has 1 N–H and O–H groups in total. The molecule has 0 bridgehead atoms. The van der Waals surface area contributed by atoms with Crippen LogP contribution >= 0.6 is 11.3 Å². The van der Waals surface area contributed by atoms with E-state index in [-0.39, 0.29) is 23.5 Å². The molecule has 8 heteroatoms. The Bertz CT molecular complexity index is 865. The molecule has 2 fully saturated rings. The van der Waals surface area contributed by atoms with Crippen molar-refractivity contribution in [2.24, 2.45) is 5.92 Å². The first-order chi connectivity index (χ1) is 13.6. The number of thiazole rings is 1. The summed E-state index contributed by atoms with van der Waals surface area (Å²) in [6.07, 6.45) is 3.78. The normalized spacial score (nSPS) is 19.7. The van der Waals surface area contributed by atoms with Gasteiger partial charge in [-0.1, -0.05) is 12.1 Å². The topological polar surface area (TPSA) is 65.5 Å². The highest BCUT2D eigenvalue weighted by Crippen LogP contribution is 2.26. The van der Waals surface area contributed by atoms with Crippen molar-refractivity contribution in [2.75, 3.05) is 31.5 Å². The van der Waals surface area contributed by atoms with Gasteiger partial charge in [0.15, 0.2) is 5.13 Å². The number of anilines is 2. The number of hydrogen-bond donors (Lipinski definition) is 1. The van der Waals surface area contributed by atoms with E-state index < -0.39 is 0 Å². The summed E-state index contributed by atoms with van der Waals surface area (Å²) in [4.78, 5) is 33.5. The summed E-state index contributed by atoms with van der Waals surface area (Å²) in [6, 6.07) is 6.34. The molecule has 1 unspecified atom stereocenters. The van der Waals surface area contributed by atoms with E-state index >= 15 is 0 Å². The van der Waals surface area contributed by atoms with Gasteiger partial charge in [0.2, 0.25) is 5.91 Å². The van der Waals surface area contributed by atoms with E-state index in [9.17, 15) is 14.0 Å². The van der Waals surface area contributed by atoms with Gasteiger partial charge < -0.3 is 15.1 Å². The second kappa shape index (κ2) is 8.26. The van der Waals surface area contributed by atoms with Crippen LogP contribution in [0, 0.1) is 11.7 Å². The molecule has 1 atom stereocenters. The van der Waals surface area contributed by atoms with Gasteiger partial charge in [-0.05, 0) is 37.8 Å². The van der Waals surface area contributed by atoms with E-state index in [1.54, 1.807) is 28.5 Å². The van der Waals surface area contributed by atoms with Gasteiger partial charge in [-0.25, -0.2) is 9.37 Å². The van der Waals surface area contributed by atoms with Crippen LogP contribution in [0.2, 0.25) is 0 Å². The number of piperidine rings is 1. The second-order valence-corrected chi connectivity index (χ2v) is 8.12. The third kappa shape index (κ3) is 4.01. The fourth-order valence-electron chi connectivity index (χ4n) is 3.83. The Morgan fingerprint density at radius 3 is 2.64 bits per heavy atom. The predicted molar refractivity (Wildman–Crippen MR) is 106 cm³/mol. The number of amides is 2. The predicted octanol–water partition coefficient (Wildman–Crippen LogP) is 3.50.